The number of allylic oxidation sites excluding steroid dienone is 1. The van der Waals surface area contributed by atoms with Gasteiger partial charge >= 0.3 is 0 Å². The summed E-state index contributed by atoms with van der Waals surface area (Å²) in [5, 5.41) is 0. The molecule has 1 unspecified atom stereocenters. The quantitative estimate of drug-likeness (QED) is 0.747. The summed E-state index contributed by atoms with van der Waals surface area (Å²) in [5.74, 6) is 0.941. The van der Waals surface area contributed by atoms with Crippen LogP contribution in [0.15, 0.2) is 23.8 Å². The maximum absolute atomic E-state index is 5.22. The fourth-order valence-corrected chi connectivity index (χ4v) is 1.50. The predicted octanol–water partition coefficient (Wildman–Crippen LogP) is 4.19. The van der Waals surface area contributed by atoms with Gasteiger partial charge in [-0.15, -0.1) is 0 Å². The SMILES string of the molecule is COc1ccc(/C=C(/C)C(C)Br)cc1C. The lowest BCUT2D eigenvalue weighted by atomic mass is 10.1. The first kappa shape index (κ1) is 12.3. The molecule has 0 aliphatic heterocycles. The van der Waals surface area contributed by atoms with Gasteiger partial charge in [-0.2, -0.15) is 0 Å². The van der Waals surface area contributed by atoms with E-state index >= 15 is 0 Å². The Morgan fingerprint density at radius 2 is 2.13 bits per heavy atom. The molecule has 82 valence electrons. The van der Waals surface area contributed by atoms with Crippen molar-refractivity contribution < 1.29 is 4.74 Å². The third kappa shape index (κ3) is 3.38. The zero-order valence-corrected chi connectivity index (χ0v) is 11.3. The number of hydrogen-bond acceptors (Lipinski definition) is 1. The molecule has 0 fully saturated rings. The van der Waals surface area contributed by atoms with Crippen LogP contribution in [0.25, 0.3) is 6.08 Å². The molecule has 1 aromatic rings. The van der Waals surface area contributed by atoms with Crippen LogP contribution in [0.5, 0.6) is 5.75 Å². The first-order valence-corrected chi connectivity index (χ1v) is 5.93. The molecule has 0 spiro atoms. The van der Waals surface area contributed by atoms with Crippen LogP contribution in [0.4, 0.5) is 0 Å². The summed E-state index contributed by atoms with van der Waals surface area (Å²) in [5.41, 5.74) is 3.71. The number of hydrogen-bond donors (Lipinski definition) is 0. The number of aryl methyl sites for hydroxylation is 1. The van der Waals surface area contributed by atoms with Crippen LogP contribution in [0.1, 0.15) is 25.0 Å². The lowest BCUT2D eigenvalue weighted by Gasteiger charge is -2.07. The third-order valence-electron chi connectivity index (χ3n) is 2.44. The fourth-order valence-electron chi connectivity index (χ4n) is 1.37. The molecule has 1 atom stereocenters. The Labute approximate surface area is 100 Å². The number of ether oxygens (including phenoxy) is 1. The van der Waals surface area contributed by atoms with Crippen molar-refractivity contribution in [1.82, 2.24) is 0 Å². The zero-order chi connectivity index (χ0) is 11.4. The Bertz CT molecular complexity index is 367. The van der Waals surface area contributed by atoms with E-state index in [2.05, 4.69) is 54.9 Å². The molecule has 1 aromatic carbocycles. The van der Waals surface area contributed by atoms with Gasteiger partial charge in [0, 0.05) is 4.83 Å². The predicted molar refractivity (Wildman–Crippen MR) is 69.8 cm³/mol. The number of halogens is 1. The van der Waals surface area contributed by atoms with Crippen molar-refractivity contribution in [3.63, 3.8) is 0 Å². The summed E-state index contributed by atoms with van der Waals surface area (Å²) in [6, 6.07) is 6.22. The Kier molecular flexibility index (Phi) is 4.40. The molecule has 0 saturated carbocycles. The molecule has 0 bridgehead atoms. The highest BCUT2D eigenvalue weighted by Crippen LogP contribution is 2.21. The molecule has 0 N–H and O–H groups in total. The smallest absolute Gasteiger partial charge is 0.121 e. The second-order valence-corrected chi connectivity index (χ2v) is 5.11. The van der Waals surface area contributed by atoms with Gasteiger partial charge in [0.1, 0.15) is 5.75 Å². The van der Waals surface area contributed by atoms with Crippen LogP contribution < -0.4 is 4.74 Å². The normalized spacial score (nSPS) is 13.8. The van der Waals surface area contributed by atoms with E-state index in [1.807, 2.05) is 6.07 Å². The molecule has 0 heterocycles. The average molecular weight is 269 g/mol. The standard InChI is InChI=1S/C13H17BrO/c1-9(11(3)14)7-12-5-6-13(15-4)10(2)8-12/h5-8,11H,1-4H3/b9-7-. The van der Waals surface area contributed by atoms with Gasteiger partial charge < -0.3 is 4.74 Å². The largest absolute Gasteiger partial charge is 0.496 e. The molecular weight excluding hydrogens is 252 g/mol. The van der Waals surface area contributed by atoms with E-state index in [0.717, 1.165) is 5.75 Å². The highest BCUT2D eigenvalue weighted by molar-refractivity contribution is 9.09. The van der Waals surface area contributed by atoms with E-state index in [1.54, 1.807) is 7.11 Å². The molecular formula is C13H17BrO. The van der Waals surface area contributed by atoms with Crippen LogP contribution in [0.3, 0.4) is 0 Å². The van der Waals surface area contributed by atoms with Crippen LogP contribution in [0, 0.1) is 6.92 Å². The summed E-state index contributed by atoms with van der Waals surface area (Å²) in [4.78, 5) is 0.417. The molecule has 1 rings (SSSR count). The summed E-state index contributed by atoms with van der Waals surface area (Å²) in [7, 11) is 1.70. The summed E-state index contributed by atoms with van der Waals surface area (Å²) in [6.07, 6.45) is 2.19. The molecule has 1 nitrogen and oxygen atoms in total. The minimum atomic E-state index is 0.417. The first-order chi connectivity index (χ1) is 7.04. The lowest BCUT2D eigenvalue weighted by molar-refractivity contribution is 0.411. The maximum Gasteiger partial charge on any atom is 0.121 e. The molecule has 0 aromatic heterocycles. The van der Waals surface area contributed by atoms with E-state index in [9.17, 15) is 0 Å². The second kappa shape index (κ2) is 5.36. The van der Waals surface area contributed by atoms with E-state index in [0.29, 0.717) is 4.83 Å². The van der Waals surface area contributed by atoms with Gasteiger partial charge in [0.15, 0.2) is 0 Å². The first-order valence-electron chi connectivity index (χ1n) is 5.01. The molecule has 15 heavy (non-hydrogen) atoms. The second-order valence-electron chi connectivity index (χ2n) is 3.73. The van der Waals surface area contributed by atoms with Crippen molar-refractivity contribution in [1.29, 1.82) is 0 Å². The molecule has 0 saturated heterocycles. The third-order valence-corrected chi connectivity index (χ3v) is 3.16. The zero-order valence-electron chi connectivity index (χ0n) is 9.67. The Morgan fingerprint density at radius 3 is 2.60 bits per heavy atom. The van der Waals surface area contributed by atoms with Gasteiger partial charge in [0.2, 0.25) is 0 Å². The van der Waals surface area contributed by atoms with E-state index < -0.39 is 0 Å². The van der Waals surface area contributed by atoms with Gasteiger partial charge in [-0.25, -0.2) is 0 Å². The lowest BCUT2D eigenvalue weighted by Crippen LogP contribution is -1.92. The number of benzene rings is 1. The Hall–Kier alpha value is -0.760. The molecule has 0 aliphatic rings. The molecule has 2 heteroatoms. The van der Waals surface area contributed by atoms with Crippen molar-refractivity contribution >= 4 is 22.0 Å². The highest BCUT2D eigenvalue weighted by Gasteiger charge is 2.01. The van der Waals surface area contributed by atoms with Gasteiger partial charge in [-0.05, 0) is 44.0 Å². The van der Waals surface area contributed by atoms with Crippen LogP contribution in [0.2, 0.25) is 0 Å². The molecule has 0 aliphatic carbocycles. The van der Waals surface area contributed by atoms with Crippen LogP contribution in [-0.2, 0) is 0 Å². The van der Waals surface area contributed by atoms with Crippen molar-refractivity contribution in [2.45, 2.75) is 25.6 Å². The molecule has 0 radical (unpaired) electrons. The number of alkyl halides is 1. The van der Waals surface area contributed by atoms with Crippen LogP contribution >= 0.6 is 15.9 Å². The summed E-state index contributed by atoms with van der Waals surface area (Å²) in [6.45, 7) is 6.31. The van der Waals surface area contributed by atoms with Gasteiger partial charge in [0.05, 0.1) is 7.11 Å². The maximum atomic E-state index is 5.22. The van der Waals surface area contributed by atoms with Crippen LogP contribution in [-0.4, -0.2) is 11.9 Å². The topological polar surface area (TPSA) is 9.23 Å². The minimum Gasteiger partial charge on any atom is -0.496 e. The van der Waals surface area contributed by atoms with Gasteiger partial charge in [-0.3, -0.25) is 0 Å². The Morgan fingerprint density at radius 1 is 1.47 bits per heavy atom. The van der Waals surface area contributed by atoms with Crippen molar-refractivity contribution in [2.24, 2.45) is 0 Å². The summed E-state index contributed by atoms with van der Waals surface area (Å²) < 4.78 is 5.22. The number of methoxy groups -OCH3 is 1. The van der Waals surface area contributed by atoms with Gasteiger partial charge in [-0.1, -0.05) is 33.6 Å². The van der Waals surface area contributed by atoms with Crippen molar-refractivity contribution in [3.8, 4) is 5.75 Å². The Balaban J connectivity index is 2.98. The minimum absolute atomic E-state index is 0.417. The average Bonchev–Trinajstić information content (AvgIpc) is 2.18. The number of rotatable bonds is 3. The van der Waals surface area contributed by atoms with E-state index in [4.69, 9.17) is 4.74 Å². The summed E-state index contributed by atoms with van der Waals surface area (Å²) >= 11 is 3.55. The highest BCUT2D eigenvalue weighted by atomic mass is 79.9. The molecule has 0 amide bonds. The van der Waals surface area contributed by atoms with Gasteiger partial charge in [0.25, 0.3) is 0 Å². The fraction of sp³-hybridized carbons (Fsp3) is 0.385. The monoisotopic (exact) mass is 268 g/mol. The van der Waals surface area contributed by atoms with E-state index in [-0.39, 0.29) is 0 Å². The van der Waals surface area contributed by atoms with Crippen molar-refractivity contribution in [3.05, 3.63) is 34.9 Å². The van der Waals surface area contributed by atoms with E-state index in [1.165, 1.54) is 16.7 Å². The van der Waals surface area contributed by atoms with Crippen molar-refractivity contribution in [2.75, 3.05) is 7.11 Å².